The Morgan fingerprint density at radius 1 is 1.28 bits per heavy atom. The van der Waals surface area contributed by atoms with E-state index in [0.717, 1.165) is 18.7 Å². The molecule has 1 N–H and O–H groups in total. The highest BCUT2D eigenvalue weighted by molar-refractivity contribution is 5.94. The van der Waals surface area contributed by atoms with Crippen LogP contribution in [0.4, 0.5) is 0 Å². The monoisotopic (exact) mass is 244 g/mol. The van der Waals surface area contributed by atoms with Crippen molar-refractivity contribution in [2.24, 2.45) is 5.41 Å². The number of hydrogen-bond donors (Lipinski definition) is 1. The molecule has 0 radical (unpaired) electrons. The van der Waals surface area contributed by atoms with Crippen LogP contribution in [-0.4, -0.2) is 37.0 Å². The number of rotatable bonds is 2. The summed E-state index contributed by atoms with van der Waals surface area (Å²) < 4.78 is 0. The molecule has 1 unspecified atom stereocenters. The number of amides is 1. The Bertz CT molecular complexity index is 435. The Hall–Kier alpha value is -1.35. The largest absolute Gasteiger partial charge is 0.349 e. The molecule has 1 saturated heterocycles. The summed E-state index contributed by atoms with van der Waals surface area (Å²) in [6.45, 7) is 2.33. The van der Waals surface area contributed by atoms with Crippen molar-refractivity contribution in [1.82, 2.24) is 10.2 Å². The summed E-state index contributed by atoms with van der Waals surface area (Å²) in [6, 6.07) is 9.91. The van der Waals surface area contributed by atoms with Crippen molar-refractivity contribution in [1.29, 1.82) is 0 Å². The molecule has 3 nitrogen and oxygen atoms in total. The average molecular weight is 244 g/mol. The van der Waals surface area contributed by atoms with Crippen molar-refractivity contribution in [2.45, 2.75) is 25.3 Å². The highest BCUT2D eigenvalue weighted by atomic mass is 16.1. The van der Waals surface area contributed by atoms with Crippen LogP contribution < -0.4 is 5.32 Å². The molecule has 3 heteroatoms. The van der Waals surface area contributed by atoms with Gasteiger partial charge in [-0.1, -0.05) is 18.2 Å². The van der Waals surface area contributed by atoms with Crippen molar-refractivity contribution in [3.63, 3.8) is 0 Å². The van der Waals surface area contributed by atoms with Crippen LogP contribution in [0.2, 0.25) is 0 Å². The molecular formula is C15H20N2O. The molecule has 1 spiro atoms. The first-order valence-electron chi connectivity index (χ1n) is 6.74. The number of benzene rings is 1. The Labute approximate surface area is 108 Å². The van der Waals surface area contributed by atoms with Crippen LogP contribution in [0, 0.1) is 5.41 Å². The summed E-state index contributed by atoms with van der Waals surface area (Å²) in [4.78, 5) is 14.4. The standard InChI is InChI=1S/C15H20N2O/c1-17-9-7-15(8-10-17)11-13(15)16-14(18)12-5-3-2-4-6-12/h2-6,13H,7-11H2,1H3,(H,16,18). The molecule has 1 saturated carbocycles. The minimum absolute atomic E-state index is 0.0800. The summed E-state index contributed by atoms with van der Waals surface area (Å²) in [5, 5.41) is 3.19. The van der Waals surface area contributed by atoms with Crippen LogP contribution in [0.15, 0.2) is 30.3 Å². The van der Waals surface area contributed by atoms with Gasteiger partial charge in [0.2, 0.25) is 0 Å². The van der Waals surface area contributed by atoms with Crippen molar-refractivity contribution < 1.29 is 4.79 Å². The second kappa shape index (κ2) is 4.39. The molecule has 1 aliphatic carbocycles. The van der Waals surface area contributed by atoms with Crippen molar-refractivity contribution >= 4 is 5.91 Å². The van der Waals surface area contributed by atoms with Gasteiger partial charge in [-0.15, -0.1) is 0 Å². The van der Waals surface area contributed by atoms with Gasteiger partial charge in [0.15, 0.2) is 0 Å². The number of carbonyl (C=O) groups is 1. The van der Waals surface area contributed by atoms with E-state index in [2.05, 4.69) is 17.3 Å². The zero-order valence-corrected chi connectivity index (χ0v) is 10.9. The maximum atomic E-state index is 12.1. The smallest absolute Gasteiger partial charge is 0.251 e. The van der Waals surface area contributed by atoms with Gasteiger partial charge in [-0.05, 0) is 56.9 Å². The Kier molecular flexibility index (Phi) is 2.86. The van der Waals surface area contributed by atoms with Gasteiger partial charge in [0.05, 0.1) is 0 Å². The lowest BCUT2D eigenvalue weighted by Gasteiger charge is -2.29. The fraction of sp³-hybridized carbons (Fsp3) is 0.533. The third-order valence-electron chi connectivity index (χ3n) is 4.51. The molecule has 1 aromatic carbocycles. The highest BCUT2D eigenvalue weighted by Crippen LogP contribution is 2.53. The van der Waals surface area contributed by atoms with Crippen LogP contribution in [0.5, 0.6) is 0 Å². The topological polar surface area (TPSA) is 32.3 Å². The van der Waals surface area contributed by atoms with Gasteiger partial charge >= 0.3 is 0 Å². The molecule has 2 aliphatic rings. The third kappa shape index (κ3) is 2.15. The molecule has 1 amide bonds. The molecule has 1 heterocycles. The number of nitrogens with one attached hydrogen (secondary N) is 1. The van der Waals surface area contributed by atoms with Crippen molar-refractivity contribution in [2.75, 3.05) is 20.1 Å². The lowest BCUT2D eigenvalue weighted by atomic mass is 9.93. The maximum absolute atomic E-state index is 12.1. The second-order valence-corrected chi connectivity index (χ2v) is 5.76. The molecule has 0 aromatic heterocycles. The summed E-state index contributed by atoms with van der Waals surface area (Å²) >= 11 is 0. The average Bonchev–Trinajstić information content (AvgIpc) is 3.07. The lowest BCUT2D eigenvalue weighted by molar-refractivity contribution is 0.0938. The van der Waals surface area contributed by atoms with E-state index < -0.39 is 0 Å². The van der Waals surface area contributed by atoms with Crippen LogP contribution in [0.3, 0.4) is 0 Å². The minimum atomic E-state index is 0.0800. The van der Waals surface area contributed by atoms with E-state index in [1.807, 2.05) is 30.3 Å². The van der Waals surface area contributed by atoms with Gasteiger partial charge < -0.3 is 10.2 Å². The van der Waals surface area contributed by atoms with E-state index in [1.165, 1.54) is 19.3 Å². The molecule has 3 rings (SSSR count). The summed E-state index contributed by atoms with van der Waals surface area (Å²) in [6.07, 6.45) is 3.62. The Morgan fingerprint density at radius 2 is 1.94 bits per heavy atom. The van der Waals surface area contributed by atoms with Crippen LogP contribution >= 0.6 is 0 Å². The zero-order valence-electron chi connectivity index (χ0n) is 10.9. The highest BCUT2D eigenvalue weighted by Gasteiger charge is 2.55. The SMILES string of the molecule is CN1CCC2(CC1)CC2NC(=O)c1ccccc1. The molecule has 1 aromatic rings. The molecular weight excluding hydrogens is 224 g/mol. The van der Waals surface area contributed by atoms with Crippen LogP contribution in [-0.2, 0) is 0 Å². The number of carbonyl (C=O) groups excluding carboxylic acids is 1. The van der Waals surface area contributed by atoms with E-state index in [9.17, 15) is 4.79 Å². The molecule has 18 heavy (non-hydrogen) atoms. The predicted molar refractivity (Wildman–Crippen MR) is 71.5 cm³/mol. The maximum Gasteiger partial charge on any atom is 0.251 e. The van der Waals surface area contributed by atoms with Gasteiger partial charge in [-0.2, -0.15) is 0 Å². The molecule has 1 aliphatic heterocycles. The van der Waals surface area contributed by atoms with E-state index in [1.54, 1.807) is 0 Å². The number of nitrogens with zero attached hydrogens (tertiary/aromatic N) is 1. The van der Waals surface area contributed by atoms with Gasteiger partial charge in [0.1, 0.15) is 0 Å². The van der Waals surface area contributed by atoms with Gasteiger partial charge in [-0.3, -0.25) is 4.79 Å². The summed E-state index contributed by atoms with van der Waals surface area (Å²) in [7, 11) is 2.17. The minimum Gasteiger partial charge on any atom is -0.349 e. The zero-order chi connectivity index (χ0) is 12.6. The Balaban J connectivity index is 1.58. The van der Waals surface area contributed by atoms with E-state index in [4.69, 9.17) is 0 Å². The third-order valence-corrected chi connectivity index (χ3v) is 4.51. The quantitative estimate of drug-likeness (QED) is 0.862. The molecule has 0 bridgehead atoms. The van der Waals surface area contributed by atoms with Crippen molar-refractivity contribution in [3.05, 3.63) is 35.9 Å². The predicted octanol–water partition coefficient (Wildman–Crippen LogP) is 1.90. The van der Waals surface area contributed by atoms with Crippen LogP contribution in [0.25, 0.3) is 0 Å². The summed E-state index contributed by atoms with van der Waals surface area (Å²) in [5.74, 6) is 0.0800. The first-order chi connectivity index (χ1) is 8.70. The number of piperidine rings is 1. The van der Waals surface area contributed by atoms with Crippen LogP contribution in [0.1, 0.15) is 29.6 Å². The van der Waals surface area contributed by atoms with Crippen molar-refractivity contribution in [3.8, 4) is 0 Å². The number of likely N-dealkylation sites (tertiary alicyclic amines) is 1. The van der Waals surface area contributed by atoms with Gasteiger partial charge in [-0.25, -0.2) is 0 Å². The lowest BCUT2D eigenvalue weighted by Crippen LogP contribution is -2.36. The van der Waals surface area contributed by atoms with E-state index >= 15 is 0 Å². The first-order valence-corrected chi connectivity index (χ1v) is 6.74. The fourth-order valence-electron chi connectivity index (χ4n) is 3.00. The second-order valence-electron chi connectivity index (χ2n) is 5.76. The van der Waals surface area contributed by atoms with Gasteiger partial charge in [0, 0.05) is 11.6 Å². The number of hydrogen-bond acceptors (Lipinski definition) is 2. The molecule has 2 fully saturated rings. The summed E-state index contributed by atoms with van der Waals surface area (Å²) in [5.41, 5.74) is 1.18. The Morgan fingerprint density at radius 3 is 2.61 bits per heavy atom. The first kappa shape index (κ1) is 11.7. The van der Waals surface area contributed by atoms with E-state index in [-0.39, 0.29) is 5.91 Å². The fourth-order valence-corrected chi connectivity index (χ4v) is 3.00. The van der Waals surface area contributed by atoms with E-state index in [0.29, 0.717) is 11.5 Å². The molecule has 96 valence electrons. The normalized spacial score (nSPS) is 25.9. The van der Waals surface area contributed by atoms with Gasteiger partial charge in [0.25, 0.3) is 5.91 Å². The molecule has 1 atom stereocenters.